The van der Waals surface area contributed by atoms with Crippen molar-refractivity contribution >= 4 is 17.9 Å². The predicted octanol–water partition coefficient (Wildman–Crippen LogP) is 2.16. The van der Waals surface area contributed by atoms with E-state index >= 15 is 0 Å². The molecule has 0 radical (unpaired) electrons. The molecule has 2 aliphatic heterocycles. The first kappa shape index (κ1) is 23.4. The molecule has 1 N–H and O–H groups in total. The van der Waals surface area contributed by atoms with Gasteiger partial charge in [0.1, 0.15) is 6.10 Å². The molecule has 1 atom stereocenters. The van der Waals surface area contributed by atoms with Gasteiger partial charge in [0.2, 0.25) is 11.8 Å². The molecule has 34 heavy (non-hydrogen) atoms. The molecule has 1 aromatic heterocycles. The third-order valence-electron chi connectivity index (χ3n) is 5.28. The van der Waals surface area contributed by atoms with Crippen LogP contribution in [0.3, 0.4) is 0 Å². The van der Waals surface area contributed by atoms with Gasteiger partial charge in [-0.05, 0) is 36.8 Å². The lowest BCUT2D eigenvalue weighted by molar-refractivity contribution is -0.286. The van der Waals surface area contributed by atoms with Gasteiger partial charge in [0.25, 0.3) is 5.91 Å². The first-order valence-corrected chi connectivity index (χ1v) is 10.6. The van der Waals surface area contributed by atoms with E-state index in [1.807, 2.05) is 0 Å². The maximum atomic E-state index is 13.1. The van der Waals surface area contributed by atoms with Crippen LogP contribution in [0.5, 0.6) is 17.4 Å². The van der Waals surface area contributed by atoms with Gasteiger partial charge in [-0.2, -0.15) is 0 Å². The Morgan fingerprint density at radius 3 is 2.59 bits per heavy atom. The van der Waals surface area contributed by atoms with E-state index < -0.39 is 12.4 Å². The van der Waals surface area contributed by atoms with Crippen LogP contribution in [-0.2, 0) is 4.79 Å². The number of ether oxygens (including phenoxy) is 3. The van der Waals surface area contributed by atoms with E-state index in [0.717, 1.165) is 0 Å². The van der Waals surface area contributed by atoms with Gasteiger partial charge >= 0.3 is 6.29 Å². The lowest BCUT2D eigenvalue weighted by Gasteiger charge is -2.34. The van der Waals surface area contributed by atoms with E-state index in [9.17, 15) is 18.4 Å². The number of alkyl halides is 2. The Labute approximate surface area is 194 Å². The maximum Gasteiger partial charge on any atom is 0.586 e. The number of fused-ring (bicyclic) bond motifs is 1. The molecule has 4 rings (SSSR count). The summed E-state index contributed by atoms with van der Waals surface area (Å²) >= 11 is 0. The topological polar surface area (TPSA) is 101 Å². The zero-order chi connectivity index (χ0) is 24.3. The number of aromatic nitrogens is 1. The van der Waals surface area contributed by atoms with Crippen molar-refractivity contribution in [3.63, 3.8) is 0 Å². The maximum absolute atomic E-state index is 13.1. The second-order valence-electron chi connectivity index (χ2n) is 7.82. The Bertz CT molecular complexity index is 1100. The second kappa shape index (κ2) is 9.64. The number of rotatable bonds is 6. The Balaban J connectivity index is 1.31. The highest BCUT2D eigenvalue weighted by Crippen LogP contribution is 2.41. The SMILES string of the molecule is C[C@H](CO)Oc1cc(C(=O)N2CCN(C(=O)/C=C/c3ccc4c(c3)OC(F)(F)O4)CC2)ccn1. The molecule has 9 nitrogen and oxygen atoms in total. The highest BCUT2D eigenvalue weighted by atomic mass is 19.3. The van der Waals surface area contributed by atoms with Crippen LogP contribution >= 0.6 is 0 Å². The molecule has 0 spiro atoms. The predicted molar refractivity (Wildman–Crippen MR) is 116 cm³/mol. The van der Waals surface area contributed by atoms with Crippen LogP contribution in [0, 0.1) is 0 Å². The van der Waals surface area contributed by atoms with Crippen molar-refractivity contribution in [3.8, 4) is 17.4 Å². The van der Waals surface area contributed by atoms with E-state index in [0.29, 0.717) is 37.3 Å². The minimum absolute atomic E-state index is 0.0648. The third kappa shape index (κ3) is 5.42. The summed E-state index contributed by atoms with van der Waals surface area (Å²) in [6.45, 7) is 2.91. The highest BCUT2D eigenvalue weighted by Gasteiger charge is 2.43. The lowest BCUT2D eigenvalue weighted by Crippen LogP contribution is -2.50. The van der Waals surface area contributed by atoms with Crippen LogP contribution in [-0.4, -0.2) is 76.9 Å². The highest BCUT2D eigenvalue weighted by molar-refractivity contribution is 5.95. The Kier molecular flexibility index (Phi) is 6.64. The molecule has 0 bridgehead atoms. The van der Waals surface area contributed by atoms with Gasteiger partial charge < -0.3 is 29.1 Å². The molecule has 2 aliphatic rings. The average molecular weight is 475 g/mol. The second-order valence-corrected chi connectivity index (χ2v) is 7.82. The summed E-state index contributed by atoms with van der Waals surface area (Å²) in [5.74, 6) is -0.373. The van der Waals surface area contributed by atoms with Gasteiger partial charge in [0, 0.05) is 50.1 Å². The van der Waals surface area contributed by atoms with Crippen molar-refractivity contribution in [3.05, 3.63) is 53.7 Å². The van der Waals surface area contributed by atoms with E-state index in [2.05, 4.69) is 14.5 Å². The van der Waals surface area contributed by atoms with Crippen LogP contribution < -0.4 is 14.2 Å². The number of benzene rings is 1. The van der Waals surface area contributed by atoms with Gasteiger partial charge in [0.05, 0.1) is 6.61 Å². The molecule has 0 unspecified atom stereocenters. The number of nitrogens with zero attached hydrogens (tertiary/aromatic N) is 3. The van der Waals surface area contributed by atoms with Crippen molar-refractivity contribution in [2.24, 2.45) is 0 Å². The molecule has 3 heterocycles. The van der Waals surface area contributed by atoms with Crippen LogP contribution in [0.2, 0.25) is 0 Å². The molecule has 180 valence electrons. The number of piperazine rings is 1. The number of carbonyl (C=O) groups excluding carboxylic acids is 2. The van der Waals surface area contributed by atoms with E-state index in [4.69, 9.17) is 9.84 Å². The number of hydrogen-bond acceptors (Lipinski definition) is 7. The fraction of sp³-hybridized carbons (Fsp3) is 0.348. The van der Waals surface area contributed by atoms with Gasteiger partial charge in [0.15, 0.2) is 11.5 Å². The van der Waals surface area contributed by atoms with Gasteiger partial charge in [-0.3, -0.25) is 9.59 Å². The number of pyridine rings is 1. The fourth-order valence-corrected chi connectivity index (χ4v) is 3.50. The van der Waals surface area contributed by atoms with Gasteiger partial charge in [-0.25, -0.2) is 4.98 Å². The number of aliphatic hydroxyl groups is 1. The molecule has 1 fully saturated rings. The summed E-state index contributed by atoms with van der Waals surface area (Å²) in [5, 5.41) is 9.10. The fourth-order valence-electron chi connectivity index (χ4n) is 3.50. The molecule has 0 aliphatic carbocycles. The summed E-state index contributed by atoms with van der Waals surface area (Å²) in [5.41, 5.74) is 0.914. The smallest absolute Gasteiger partial charge is 0.472 e. The lowest BCUT2D eigenvalue weighted by atomic mass is 10.1. The van der Waals surface area contributed by atoms with Gasteiger partial charge in [-0.15, -0.1) is 8.78 Å². The Morgan fingerprint density at radius 1 is 1.15 bits per heavy atom. The average Bonchev–Trinajstić information content (AvgIpc) is 3.15. The summed E-state index contributed by atoms with van der Waals surface area (Å²) < 4.78 is 40.5. The van der Waals surface area contributed by atoms with Crippen LogP contribution in [0.4, 0.5) is 8.78 Å². The van der Waals surface area contributed by atoms with Crippen LogP contribution in [0.1, 0.15) is 22.8 Å². The van der Waals surface area contributed by atoms with E-state index in [1.165, 1.54) is 42.6 Å². The van der Waals surface area contributed by atoms with Crippen molar-refractivity contribution in [2.75, 3.05) is 32.8 Å². The first-order chi connectivity index (χ1) is 16.2. The summed E-state index contributed by atoms with van der Waals surface area (Å²) in [6.07, 6.45) is 0.182. The standard InChI is InChI=1S/C23H23F2N3O6/c1-15(14-29)32-20-13-17(6-7-26-20)22(31)28-10-8-27(9-11-28)21(30)5-3-16-2-4-18-19(12-16)34-23(24,25)33-18/h2-7,12-13,15,29H,8-11,14H2,1H3/b5-3+/t15-/m1/s1. The summed E-state index contributed by atoms with van der Waals surface area (Å²) in [4.78, 5) is 32.7. The van der Waals surface area contributed by atoms with Crippen molar-refractivity contribution < 1.29 is 37.7 Å². The van der Waals surface area contributed by atoms with Crippen LogP contribution in [0.25, 0.3) is 6.08 Å². The monoisotopic (exact) mass is 475 g/mol. The van der Waals surface area contributed by atoms with Crippen molar-refractivity contribution in [1.82, 2.24) is 14.8 Å². The molecule has 1 saturated heterocycles. The first-order valence-electron chi connectivity index (χ1n) is 10.6. The minimum Gasteiger partial charge on any atom is -0.472 e. The quantitative estimate of drug-likeness (QED) is 0.639. The number of hydrogen-bond donors (Lipinski definition) is 1. The van der Waals surface area contributed by atoms with Crippen molar-refractivity contribution in [2.45, 2.75) is 19.3 Å². The molecule has 2 aromatic rings. The zero-order valence-corrected chi connectivity index (χ0v) is 18.3. The van der Waals surface area contributed by atoms with Crippen molar-refractivity contribution in [1.29, 1.82) is 0 Å². The van der Waals surface area contributed by atoms with E-state index in [1.54, 1.807) is 22.8 Å². The van der Waals surface area contributed by atoms with E-state index in [-0.39, 0.29) is 35.8 Å². The zero-order valence-electron chi connectivity index (χ0n) is 18.3. The minimum atomic E-state index is -3.69. The normalized spacial score (nSPS) is 17.6. The number of halogens is 2. The summed E-state index contributed by atoms with van der Waals surface area (Å²) in [6, 6.07) is 7.36. The third-order valence-corrected chi connectivity index (χ3v) is 5.28. The molecule has 0 saturated carbocycles. The Morgan fingerprint density at radius 2 is 1.85 bits per heavy atom. The molecule has 11 heteroatoms. The largest absolute Gasteiger partial charge is 0.586 e. The van der Waals surface area contributed by atoms with Gasteiger partial charge in [-0.1, -0.05) is 6.07 Å². The molecular formula is C23H23F2N3O6. The van der Waals surface area contributed by atoms with Crippen LogP contribution in [0.15, 0.2) is 42.6 Å². The summed E-state index contributed by atoms with van der Waals surface area (Å²) in [7, 11) is 0. The molecule has 2 amide bonds. The number of aliphatic hydroxyl groups excluding tert-OH is 1. The molecular weight excluding hydrogens is 452 g/mol. The number of amides is 2. The molecule has 1 aromatic carbocycles. The Hall–Kier alpha value is -3.73. The number of carbonyl (C=O) groups is 2.